The molecule has 0 bridgehead atoms. The molecule has 1 rings (SSSR count). The fourth-order valence-corrected chi connectivity index (χ4v) is 2.14. The highest BCUT2D eigenvalue weighted by Crippen LogP contribution is 2.35. The molecule has 0 aromatic heterocycles. The quantitative estimate of drug-likeness (QED) is 0.559. The molecule has 0 unspecified atom stereocenters. The monoisotopic (exact) mass is 258 g/mol. The first-order valence-corrected chi connectivity index (χ1v) is 5.91. The predicted molar refractivity (Wildman–Crippen MR) is 75.5 cm³/mol. The van der Waals surface area contributed by atoms with Gasteiger partial charge in [-0.2, -0.15) is 0 Å². The van der Waals surface area contributed by atoms with Crippen LogP contribution >= 0.6 is 11.6 Å². The van der Waals surface area contributed by atoms with E-state index in [0.717, 1.165) is 5.56 Å². The van der Waals surface area contributed by atoms with E-state index in [1.807, 2.05) is 41.5 Å². The number of hydrogen-bond donors (Lipinski definition) is 0. The normalized spacial score (nSPS) is 12.2. The van der Waals surface area contributed by atoms with Gasteiger partial charge < -0.3 is 0 Å². The zero-order valence-corrected chi connectivity index (χ0v) is 11.7. The Bertz CT molecular complexity index is 355. The molecule has 0 saturated heterocycles. The minimum Gasteiger partial charge on any atom is -0.207 e. The molecule has 0 spiro atoms. The lowest BCUT2D eigenvalue weighted by Gasteiger charge is -2.25. The average molecular weight is 259 g/mol. The molecule has 0 aliphatic heterocycles. The smallest absolute Gasteiger partial charge is 0.127 e. The van der Waals surface area contributed by atoms with Crippen LogP contribution in [0.4, 0.5) is 4.39 Å². The summed E-state index contributed by atoms with van der Waals surface area (Å²) in [7, 11) is 0. The van der Waals surface area contributed by atoms with E-state index < -0.39 is 0 Å². The van der Waals surface area contributed by atoms with Crippen molar-refractivity contribution >= 4 is 11.6 Å². The molecule has 17 heavy (non-hydrogen) atoms. The van der Waals surface area contributed by atoms with Gasteiger partial charge in [0, 0.05) is 5.02 Å². The van der Waals surface area contributed by atoms with Crippen molar-refractivity contribution in [2.45, 2.75) is 59.8 Å². The van der Waals surface area contributed by atoms with Crippen LogP contribution in [-0.2, 0) is 10.8 Å². The Morgan fingerprint density at radius 3 is 1.65 bits per heavy atom. The zero-order chi connectivity index (χ0) is 12.7. The summed E-state index contributed by atoms with van der Waals surface area (Å²) in [6, 6.07) is 3.33. The molecule has 0 amide bonds. The molecule has 0 fully saturated rings. The summed E-state index contributed by atoms with van der Waals surface area (Å²) < 4.78 is 14.0. The Balaban J connectivity index is 0.00000256. The summed E-state index contributed by atoms with van der Waals surface area (Å²) in [5.74, 6) is -0.165. The Hall–Kier alpha value is -0.560. The molecule has 0 nitrogen and oxygen atoms in total. The molecule has 0 aliphatic carbocycles. The lowest BCUT2D eigenvalue weighted by Crippen LogP contribution is -2.17. The Labute approximate surface area is 110 Å². The molecule has 0 saturated carbocycles. The maximum atomic E-state index is 14.0. The van der Waals surface area contributed by atoms with Crippen LogP contribution in [0.15, 0.2) is 12.1 Å². The van der Waals surface area contributed by atoms with E-state index in [0.29, 0.717) is 10.6 Å². The van der Waals surface area contributed by atoms with Crippen LogP contribution in [0.2, 0.25) is 5.02 Å². The first-order valence-electron chi connectivity index (χ1n) is 5.53. The van der Waals surface area contributed by atoms with Crippen LogP contribution in [-0.4, -0.2) is 0 Å². The second-order valence-corrected chi connectivity index (χ2v) is 6.72. The van der Waals surface area contributed by atoms with Gasteiger partial charge in [0.1, 0.15) is 5.82 Å². The summed E-state index contributed by atoms with van der Waals surface area (Å²) in [5, 5.41) is 0.652. The molecule has 0 heterocycles. The van der Waals surface area contributed by atoms with E-state index in [-0.39, 0.29) is 24.1 Å². The van der Waals surface area contributed by atoms with Gasteiger partial charge >= 0.3 is 0 Å². The van der Waals surface area contributed by atoms with Gasteiger partial charge in [-0.1, -0.05) is 60.6 Å². The van der Waals surface area contributed by atoms with Crippen LogP contribution in [0.25, 0.3) is 0 Å². The van der Waals surface area contributed by atoms with Crippen LogP contribution in [0.5, 0.6) is 0 Å². The molecule has 1 aromatic carbocycles. The first-order chi connectivity index (χ1) is 7.03. The van der Waals surface area contributed by atoms with Crippen molar-refractivity contribution in [3.8, 4) is 0 Å². The summed E-state index contributed by atoms with van der Waals surface area (Å²) in [6.45, 7) is 12.1. The number of halogens is 2. The molecule has 0 radical (unpaired) electrons. The third-order valence-corrected chi connectivity index (χ3v) is 2.99. The SMILES string of the molecule is C.CC(C)(C)c1cc(Cl)c(C(C)(C)C)cc1F. The summed E-state index contributed by atoms with van der Waals surface area (Å²) >= 11 is 6.23. The van der Waals surface area contributed by atoms with E-state index in [9.17, 15) is 4.39 Å². The maximum absolute atomic E-state index is 14.0. The molecular weight excluding hydrogens is 235 g/mol. The number of hydrogen-bond acceptors (Lipinski definition) is 0. The maximum Gasteiger partial charge on any atom is 0.127 e. The first kappa shape index (κ1) is 16.4. The van der Waals surface area contributed by atoms with E-state index in [1.54, 1.807) is 12.1 Å². The van der Waals surface area contributed by atoms with Crippen LogP contribution in [0.3, 0.4) is 0 Å². The van der Waals surface area contributed by atoms with Gasteiger partial charge in [0.05, 0.1) is 0 Å². The van der Waals surface area contributed by atoms with E-state index in [2.05, 4.69) is 0 Å². The van der Waals surface area contributed by atoms with Crippen LogP contribution in [0, 0.1) is 5.82 Å². The van der Waals surface area contributed by atoms with E-state index in [1.165, 1.54) is 0 Å². The average Bonchev–Trinajstić information content (AvgIpc) is 2.04. The largest absolute Gasteiger partial charge is 0.207 e. The Morgan fingerprint density at radius 1 is 0.882 bits per heavy atom. The minimum absolute atomic E-state index is 0. The van der Waals surface area contributed by atoms with Crippen molar-refractivity contribution in [3.63, 3.8) is 0 Å². The van der Waals surface area contributed by atoms with E-state index in [4.69, 9.17) is 11.6 Å². The molecule has 0 atom stereocenters. The van der Waals surface area contributed by atoms with Crippen molar-refractivity contribution in [2.24, 2.45) is 0 Å². The summed E-state index contributed by atoms with van der Waals surface area (Å²) in [6.07, 6.45) is 0. The second-order valence-electron chi connectivity index (χ2n) is 6.31. The third-order valence-electron chi connectivity index (χ3n) is 2.67. The molecule has 1 aromatic rings. The van der Waals surface area contributed by atoms with Crippen molar-refractivity contribution in [1.29, 1.82) is 0 Å². The van der Waals surface area contributed by atoms with Crippen LogP contribution < -0.4 is 0 Å². The predicted octanol–water partition coefficient (Wildman–Crippen LogP) is 5.71. The highest BCUT2D eigenvalue weighted by Gasteiger charge is 2.24. The van der Waals surface area contributed by atoms with Gasteiger partial charge in [-0.25, -0.2) is 4.39 Å². The molecule has 0 N–H and O–H groups in total. The van der Waals surface area contributed by atoms with E-state index >= 15 is 0 Å². The van der Waals surface area contributed by atoms with Crippen molar-refractivity contribution in [1.82, 2.24) is 0 Å². The standard InChI is InChI=1S/C14H20ClF.CH4/c1-13(2,3)9-8-12(16)10(7-11(9)15)14(4,5)6;/h7-8H,1-6H3;1H4. The van der Waals surface area contributed by atoms with Crippen molar-refractivity contribution in [3.05, 3.63) is 34.1 Å². The highest BCUT2D eigenvalue weighted by atomic mass is 35.5. The molecule has 0 aliphatic rings. The highest BCUT2D eigenvalue weighted by molar-refractivity contribution is 6.31. The van der Waals surface area contributed by atoms with Crippen molar-refractivity contribution in [2.75, 3.05) is 0 Å². The van der Waals surface area contributed by atoms with Crippen LogP contribution in [0.1, 0.15) is 60.1 Å². The van der Waals surface area contributed by atoms with Gasteiger partial charge in [0.25, 0.3) is 0 Å². The fraction of sp³-hybridized carbons (Fsp3) is 0.600. The molecule has 98 valence electrons. The fourth-order valence-electron chi connectivity index (χ4n) is 1.70. The summed E-state index contributed by atoms with van der Waals surface area (Å²) in [5.41, 5.74) is 1.18. The van der Waals surface area contributed by atoms with Gasteiger partial charge in [-0.05, 0) is 34.1 Å². The Kier molecular flexibility index (Phi) is 4.81. The Morgan fingerprint density at radius 2 is 1.29 bits per heavy atom. The van der Waals surface area contributed by atoms with Gasteiger partial charge in [0.2, 0.25) is 0 Å². The zero-order valence-electron chi connectivity index (χ0n) is 10.9. The lowest BCUT2D eigenvalue weighted by atomic mass is 9.82. The number of benzene rings is 1. The lowest BCUT2D eigenvalue weighted by molar-refractivity contribution is 0.513. The van der Waals surface area contributed by atoms with Gasteiger partial charge in [-0.15, -0.1) is 0 Å². The van der Waals surface area contributed by atoms with Gasteiger partial charge in [-0.3, -0.25) is 0 Å². The van der Waals surface area contributed by atoms with Gasteiger partial charge in [0.15, 0.2) is 0 Å². The molecular formula is C15H24ClF. The van der Waals surface area contributed by atoms with Crippen molar-refractivity contribution < 1.29 is 4.39 Å². The minimum atomic E-state index is -0.218. The summed E-state index contributed by atoms with van der Waals surface area (Å²) in [4.78, 5) is 0. The second kappa shape index (κ2) is 4.97. The number of rotatable bonds is 0. The molecule has 2 heteroatoms. The topological polar surface area (TPSA) is 0 Å². The third kappa shape index (κ3) is 3.70.